The molecule has 4 amide bonds. The molecule has 3 fully saturated rings. The van der Waals surface area contributed by atoms with Crippen LogP contribution in [0.1, 0.15) is 12.8 Å². The summed E-state index contributed by atoms with van der Waals surface area (Å²) in [5, 5.41) is 0.913. The van der Waals surface area contributed by atoms with Crippen LogP contribution < -0.4 is 9.80 Å². The van der Waals surface area contributed by atoms with Crippen molar-refractivity contribution in [3.05, 3.63) is 58.6 Å². The third-order valence-corrected chi connectivity index (χ3v) is 7.08. The second-order valence-corrected chi connectivity index (χ2v) is 9.48. The molecule has 2 aromatic rings. The lowest BCUT2D eigenvalue weighted by Gasteiger charge is -2.38. The Hall–Kier alpha value is -2.78. The van der Waals surface area contributed by atoms with E-state index in [1.807, 2.05) is 9.80 Å². The fraction of sp³-hybridized carbons (Fsp3) is 0.333. The molecule has 5 rings (SSSR count). The van der Waals surface area contributed by atoms with Gasteiger partial charge in [0, 0.05) is 36.2 Å². The van der Waals surface area contributed by atoms with Gasteiger partial charge in [0.2, 0.25) is 11.8 Å². The van der Waals surface area contributed by atoms with Gasteiger partial charge in [-0.2, -0.15) is 0 Å². The van der Waals surface area contributed by atoms with E-state index in [1.54, 1.807) is 48.5 Å². The van der Waals surface area contributed by atoms with Crippen molar-refractivity contribution in [1.82, 2.24) is 9.80 Å². The summed E-state index contributed by atoms with van der Waals surface area (Å²) in [5.74, 6) is -1.04. The van der Waals surface area contributed by atoms with Crippen molar-refractivity contribution < 1.29 is 19.2 Å². The number of hydrogen-bond acceptors (Lipinski definition) is 6. The van der Waals surface area contributed by atoms with Crippen molar-refractivity contribution in [2.24, 2.45) is 0 Å². The van der Waals surface area contributed by atoms with Gasteiger partial charge in [-0.15, -0.1) is 0 Å². The Morgan fingerprint density at radius 2 is 1.00 bits per heavy atom. The molecule has 0 N–H and O–H groups in total. The maximum atomic E-state index is 13.1. The minimum absolute atomic E-state index is 0.106. The first-order valence-corrected chi connectivity index (χ1v) is 11.8. The van der Waals surface area contributed by atoms with Gasteiger partial charge in [-0.1, -0.05) is 35.3 Å². The highest BCUT2D eigenvalue weighted by Crippen LogP contribution is 2.30. The van der Waals surface area contributed by atoms with Gasteiger partial charge in [-0.05, 0) is 36.4 Å². The Bertz CT molecular complexity index is 1090. The van der Waals surface area contributed by atoms with Crippen molar-refractivity contribution >= 4 is 58.2 Å². The van der Waals surface area contributed by atoms with Gasteiger partial charge in [0.25, 0.3) is 11.8 Å². The Kier molecular flexibility index (Phi) is 6.16. The number of rotatable bonds is 4. The van der Waals surface area contributed by atoms with Crippen LogP contribution in [0.2, 0.25) is 10.0 Å². The van der Waals surface area contributed by atoms with Crippen LogP contribution in [0.25, 0.3) is 0 Å². The summed E-state index contributed by atoms with van der Waals surface area (Å²) in [4.78, 5) is 57.8. The fourth-order valence-corrected chi connectivity index (χ4v) is 5.31. The van der Waals surface area contributed by atoms with E-state index in [-0.39, 0.29) is 36.5 Å². The molecule has 3 aliphatic rings. The van der Waals surface area contributed by atoms with Gasteiger partial charge in [0.15, 0.2) is 0 Å². The SMILES string of the molecule is O=C1C[C@@H](N2CCN([C@@H]3CC(=O)N(c4cccc(Cl)c4)C3=O)CC2)C(=O)N1c1cccc(Cl)c1. The quantitative estimate of drug-likeness (QED) is 0.600. The monoisotopic (exact) mass is 500 g/mol. The summed E-state index contributed by atoms with van der Waals surface area (Å²) in [5.41, 5.74) is 0.944. The van der Waals surface area contributed by atoms with Crippen LogP contribution in [0.3, 0.4) is 0 Å². The molecule has 34 heavy (non-hydrogen) atoms. The van der Waals surface area contributed by atoms with Crippen LogP contribution in [0, 0.1) is 0 Å². The van der Waals surface area contributed by atoms with E-state index in [0.29, 0.717) is 47.6 Å². The van der Waals surface area contributed by atoms with Gasteiger partial charge in [0.1, 0.15) is 0 Å². The Labute approximate surface area is 206 Å². The van der Waals surface area contributed by atoms with Crippen LogP contribution in [0.4, 0.5) is 11.4 Å². The summed E-state index contributed by atoms with van der Waals surface area (Å²) in [6.45, 7) is 2.06. The molecule has 10 heteroatoms. The second-order valence-electron chi connectivity index (χ2n) is 8.61. The van der Waals surface area contributed by atoms with Crippen molar-refractivity contribution in [2.45, 2.75) is 24.9 Å². The second kappa shape index (κ2) is 9.11. The van der Waals surface area contributed by atoms with E-state index < -0.39 is 12.1 Å². The molecule has 2 atom stereocenters. The number of nitrogens with zero attached hydrogens (tertiary/aromatic N) is 4. The molecule has 2 aromatic carbocycles. The molecule has 176 valence electrons. The minimum Gasteiger partial charge on any atom is -0.289 e. The molecule has 3 heterocycles. The van der Waals surface area contributed by atoms with Crippen LogP contribution in [-0.4, -0.2) is 71.7 Å². The molecular weight excluding hydrogens is 479 g/mol. The van der Waals surface area contributed by atoms with Gasteiger partial charge in [-0.25, -0.2) is 9.80 Å². The molecule has 8 nitrogen and oxygen atoms in total. The first-order chi connectivity index (χ1) is 16.3. The number of hydrogen-bond donors (Lipinski definition) is 0. The zero-order valence-electron chi connectivity index (χ0n) is 18.2. The molecule has 0 unspecified atom stereocenters. The molecule has 3 aliphatic heterocycles. The Morgan fingerprint density at radius 3 is 1.35 bits per heavy atom. The minimum atomic E-state index is -0.544. The van der Waals surface area contributed by atoms with Crippen molar-refractivity contribution in [3.8, 4) is 0 Å². The molecule has 0 bridgehead atoms. The van der Waals surface area contributed by atoms with E-state index in [9.17, 15) is 19.2 Å². The normalized spacial score (nSPS) is 24.5. The summed E-state index contributed by atoms with van der Waals surface area (Å²) < 4.78 is 0. The first-order valence-electron chi connectivity index (χ1n) is 11.1. The highest BCUT2D eigenvalue weighted by Gasteiger charge is 2.46. The number of amides is 4. The zero-order valence-corrected chi connectivity index (χ0v) is 19.7. The number of anilines is 2. The number of benzene rings is 2. The lowest BCUT2D eigenvalue weighted by atomic mass is 10.1. The van der Waals surface area contributed by atoms with Crippen molar-refractivity contribution in [3.63, 3.8) is 0 Å². The lowest BCUT2D eigenvalue weighted by Crippen LogP contribution is -2.56. The van der Waals surface area contributed by atoms with E-state index in [2.05, 4.69) is 0 Å². The maximum Gasteiger partial charge on any atom is 0.251 e. The highest BCUT2D eigenvalue weighted by molar-refractivity contribution is 6.32. The zero-order chi connectivity index (χ0) is 24.0. The van der Waals surface area contributed by atoms with Gasteiger partial charge >= 0.3 is 0 Å². The molecule has 0 saturated carbocycles. The summed E-state index contributed by atoms with van der Waals surface area (Å²) in [6.07, 6.45) is 0.212. The predicted molar refractivity (Wildman–Crippen MR) is 128 cm³/mol. The van der Waals surface area contributed by atoms with E-state index >= 15 is 0 Å². The molecular formula is C24H22Cl2N4O4. The largest absolute Gasteiger partial charge is 0.289 e. The van der Waals surface area contributed by atoms with Gasteiger partial charge in [-0.3, -0.25) is 29.0 Å². The van der Waals surface area contributed by atoms with E-state index in [0.717, 1.165) is 0 Å². The average Bonchev–Trinajstić information content (AvgIpc) is 3.28. The highest BCUT2D eigenvalue weighted by atomic mass is 35.5. The number of piperazine rings is 1. The molecule has 0 aliphatic carbocycles. The first kappa shape index (κ1) is 23.0. The van der Waals surface area contributed by atoms with Crippen molar-refractivity contribution in [1.29, 1.82) is 0 Å². The van der Waals surface area contributed by atoms with Crippen LogP contribution in [-0.2, 0) is 19.2 Å². The fourth-order valence-electron chi connectivity index (χ4n) is 4.94. The van der Waals surface area contributed by atoms with Gasteiger partial charge in [0.05, 0.1) is 36.3 Å². The number of imide groups is 2. The molecule has 3 saturated heterocycles. The average molecular weight is 501 g/mol. The number of carbonyl (C=O) groups is 4. The smallest absolute Gasteiger partial charge is 0.251 e. The third-order valence-electron chi connectivity index (χ3n) is 6.61. The van der Waals surface area contributed by atoms with Gasteiger partial charge < -0.3 is 0 Å². The Balaban J connectivity index is 1.24. The van der Waals surface area contributed by atoms with Crippen molar-refractivity contribution in [2.75, 3.05) is 36.0 Å². The molecule has 0 aromatic heterocycles. The number of carbonyl (C=O) groups excluding carboxylic acids is 4. The predicted octanol–water partition coefficient (Wildman–Crippen LogP) is 2.58. The standard InChI is InChI=1S/C24H22Cl2N4O4/c25-15-3-1-5-17(11-15)29-21(31)13-19(23(29)33)27-7-9-28(10-8-27)20-14-22(32)30(24(20)34)18-6-2-4-16(26)12-18/h1-6,11-12,19-20H,7-10,13-14H2/t19-,20-/m1/s1. The lowest BCUT2D eigenvalue weighted by molar-refractivity contribution is -0.126. The summed E-state index contributed by atoms with van der Waals surface area (Å²) >= 11 is 12.1. The van der Waals surface area contributed by atoms with Crippen LogP contribution >= 0.6 is 23.2 Å². The summed E-state index contributed by atoms with van der Waals surface area (Å²) in [7, 11) is 0. The van der Waals surface area contributed by atoms with Crippen LogP contribution in [0.5, 0.6) is 0 Å². The maximum absolute atomic E-state index is 13.1. The summed E-state index contributed by atoms with van der Waals surface area (Å²) in [6, 6.07) is 12.3. The molecule has 0 radical (unpaired) electrons. The Morgan fingerprint density at radius 1 is 0.618 bits per heavy atom. The van der Waals surface area contributed by atoms with Crippen LogP contribution in [0.15, 0.2) is 48.5 Å². The van der Waals surface area contributed by atoms with E-state index in [1.165, 1.54) is 9.80 Å². The topological polar surface area (TPSA) is 81.2 Å². The number of halogens is 2. The third kappa shape index (κ3) is 4.11. The van der Waals surface area contributed by atoms with E-state index in [4.69, 9.17) is 23.2 Å². The molecule has 0 spiro atoms.